The molecule has 9 N–H and O–H groups in total. The average molecular weight is 345 g/mol. The highest BCUT2D eigenvalue weighted by atomic mass is 16.4. The predicted molar refractivity (Wildman–Crippen MR) is 91.0 cm³/mol. The van der Waals surface area contributed by atoms with Gasteiger partial charge in [-0.3, -0.25) is 9.59 Å². The third kappa shape index (κ3) is 9.43. The van der Waals surface area contributed by atoms with Crippen LogP contribution in [0.4, 0.5) is 0 Å². The van der Waals surface area contributed by atoms with Gasteiger partial charge in [-0.1, -0.05) is 6.42 Å². The second kappa shape index (κ2) is 12.7. The lowest BCUT2D eigenvalue weighted by atomic mass is 10.1. The topological polar surface area (TPSA) is 174 Å². The Bertz CT molecular complexity index is 405. The molecule has 0 aliphatic heterocycles. The number of aliphatic carboxylic acids is 1. The molecule has 0 aromatic rings. The zero-order valence-corrected chi connectivity index (χ0v) is 14.3. The molecule has 0 aromatic carbocycles. The highest BCUT2D eigenvalue weighted by molar-refractivity contribution is 5.91. The summed E-state index contributed by atoms with van der Waals surface area (Å²) in [5.41, 5.74) is 16.5. The Morgan fingerprint density at radius 2 is 1.46 bits per heavy atom. The molecule has 0 unspecified atom stereocenters. The number of hydrogen-bond donors (Lipinski definition) is 6. The lowest BCUT2D eigenvalue weighted by Gasteiger charge is -2.20. The van der Waals surface area contributed by atoms with Gasteiger partial charge in [0.2, 0.25) is 11.8 Å². The Kier molecular flexibility index (Phi) is 11.8. The van der Waals surface area contributed by atoms with E-state index in [0.717, 1.165) is 12.8 Å². The smallest absolute Gasteiger partial charge is 0.326 e. The molecular formula is C15H31N5O4. The van der Waals surface area contributed by atoms with Crippen LogP contribution < -0.4 is 27.8 Å². The first-order valence-corrected chi connectivity index (χ1v) is 8.32. The SMILES string of the molecule is C[C@H](NC(=O)[C@@H](N)CCCCN)C(=O)N[C@@H](CCCCN)C(=O)O. The van der Waals surface area contributed by atoms with Gasteiger partial charge in [-0.2, -0.15) is 0 Å². The number of unbranched alkanes of at least 4 members (excludes halogenated alkanes) is 2. The molecular weight excluding hydrogens is 314 g/mol. The second-order valence-electron chi connectivity index (χ2n) is 5.81. The Morgan fingerprint density at radius 1 is 0.917 bits per heavy atom. The van der Waals surface area contributed by atoms with Gasteiger partial charge in [0.05, 0.1) is 6.04 Å². The van der Waals surface area contributed by atoms with Crippen molar-refractivity contribution in [2.24, 2.45) is 17.2 Å². The van der Waals surface area contributed by atoms with Crippen molar-refractivity contribution in [2.75, 3.05) is 13.1 Å². The maximum absolute atomic E-state index is 12.0. The molecule has 0 heterocycles. The summed E-state index contributed by atoms with van der Waals surface area (Å²) in [5, 5.41) is 14.0. The number of carboxylic acids is 1. The Morgan fingerprint density at radius 3 is 1.96 bits per heavy atom. The van der Waals surface area contributed by atoms with Gasteiger partial charge in [0.25, 0.3) is 0 Å². The quantitative estimate of drug-likeness (QED) is 0.224. The Balaban J connectivity index is 4.36. The van der Waals surface area contributed by atoms with Crippen LogP contribution in [0.25, 0.3) is 0 Å². The molecule has 0 fully saturated rings. The Hall–Kier alpha value is -1.71. The van der Waals surface area contributed by atoms with E-state index in [1.807, 2.05) is 0 Å². The monoisotopic (exact) mass is 345 g/mol. The summed E-state index contributed by atoms with van der Waals surface area (Å²) in [4.78, 5) is 35.1. The van der Waals surface area contributed by atoms with Crippen molar-refractivity contribution in [1.82, 2.24) is 10.6 Å². The van der Waals surface area contributed by atoms with Crippen LogP contribution in [-0.4, -0.2) is 54.1 Å². The van der Waals surface area contributed by atoms with Gasteiger partial charge in [0, 0.05) is 0 Å². The van der Waals surface area contributed by atoms with E-state index in [9.17, 15) is 14.4 Å². The fourth-order valence-corrected chi connectivity index (χ4v) is 2.07. The summed E-state index contributed by atoms with van der Waals surface area (Å²) in [6.07, 6.45) is 3.56. The lowest BCUT2D eigenvalue weighted by molar-refractivity contribution is -0.142. The summed E-state index contributed by atoms with van der Waals surface area (Å²) >= 11 is 0. The molecule has 0 spiro atoms. The van der Waals surface area contributed by atoms with E-state index in [1.165, 1.54) is 6.92 Å². The van der Waals surface area contributed by atoms with Crippen LogP contribution in [-0.2, 0) is 14.4 Å². The highest BCUT2D eigenvalue weighted by Crippen LogP contribution is 2.02. The third-order valence-electron chi connectivity index (χ3n) is 3.62. The fraction of sp³-hybridized carbons (Fsp3) is 0.800. The molecule has 140 valence electrons. The fourth-order valence-electron chi connectivity index (χ4n) is 2.07. The van der Waals surface area contributed by atoms with Crippen molar-refractivity contribution in [3.63, 3.8) is 0 Å². The standard InChI is InChI=1S/C15H31N5O4/c1-10(19-14(22)11(18)6-2-4-8-16)13(21)20-12(15(23)24)7-3-5-9-17/h10-12H,2-9,16-18H2,1H3,(H,19,22)(H,20,21)(H,23,24)/t10-,11-,12-/m0/s1. The van der Waals surface area contributed by atoms with Crippen LogP contribution in [0.2, 0.25) is 0 Å². The number of rotatable bonds is 13. The molecule has 0 aliphatic rings. The number of carbonyl (C=O) groups excluding carboxylic acids is 2. The van der Waals surface area contributed by atoms with Crippen LogP contribution >= 0.6 is 0 Å². The van der Waals surface area contributed by atoms with Gasteiger partial charge < -0.3 is 32.9 Å². The number of nitrogens with one attached hydrogen (secondary N) is 2. The van der Waals surface area contributed by atoms with Crippen molar-refractivity contribution in [3.05, 3.63) is 0 Å². The molecule has 9 nitrogen and oxygen atoms in total. The van der Waals surface area contributed by atoms with Crippen molar-refractivity contribution >= 4 is 17.8 Å². The van der Waals surface area contributed by atoms with Gasteiger partial charge >= 0.3 is 5.97 Å². The van der Waals surface area contributed by atoms with E-state index in [1.54, 1.807) is 0 Å². The molecule has 0 bridgehead atoms. The maximum Gasteiger partial charge on any atom is 0.326 e. The van der Waals surface area contributed by atoms with E-state index in [4.69, 9.17) is 22.3 Å². The molecule has 0 saturated carbocycles. The lowest BCUT2D eigenvalue weighted by Crippen LogP contribution is -2.53. The van der Waals surface area contributed by atoms with Crippen molar-refractivity contribution in [2.45, 2.75) is 63.6 Å². The maximum atomic E-state index is 12.0. The number of carboxylic acid groups (broad SMARTS) is 1. The van der Waals surface area contributed by atoms with Gasteiger partial charge in [-0.05, 0) is 52.1 Å². The number of nitrogens with two attached hydrogens (primary N) is 3. The Labute approximate surface area is 142 Å². The molecule has 24 heavy (non-hydrogen) atoms. The third-order valence-corrected chi connectivity index (χ3v) is 3.62. The normalized spacial score (nSPS) is 14.5. The summed E-state index contributed by atoms with van der Waals surface area (Å²) in [6, 6.07) is -2.58. The number of amides is 2. The highest BCUT2D eigenvalue weighted by Gasteiger charge is 2.24. The van der Waals surface area contributed by atoms with Crippen molar-refractivity contribution in [1.29, 1.82) is 0 Å². The van der Waals surface area contributed by atoms with Gasteiger partial charge in [0.15, 0.2) is 0 Å². The molecule has 0 aromatic heterocycles. The van der Waals surface area contributed by atoms with Gasteiger partial charge in [-0.15, -0.1) is 0 Å². The summed E-state index contributed by atoms with van der Waals surface area (Å²) in [5.74, 6) is -2.11. The zero-order valence-electron chi connectivity index (χ0n) is 14.3. The van der Waals surface area contributed by atoms with Crippen molar-refractivity contribution in [3.8, 4) is 0 Å². The summed E-state index contributed by atoms with van der Waals surface area (Å²) in [6.45, 7) is 2.49. The number of hydrogen-bond acceptors (Lipinski definition) is 6. The average Bonchev–Trinajstić information content (AvgIpc) is 2.53. The summed E-state index contributed by atoms with van der Waals surface area (Å²) in [7, 11) is 0. The minimum Gasteiger partial charge on any atom is -0.480 e. The second-order valence-corrected chi connectivity index (χ2v) is 5.81. The minimum atomic E-state index is -1.11. The van der Waals surface area contributed by atoms with E-state index >= 15 is 0 Å². The molecule has 3 atom stereocenters. The van der Waals surface area contributed by atoms with Crippen LogP contribution in [0, 0.1) is 0 Å². The summed E-state index contributed by atoms with van der Waals surface area (Å²) < 4.78 is 0. The number of carbonyl (C=O) groups is 3. The van der Waals surface area contributed by atoms with Crippen LogP contribution in [0.1, 0.15) is 45.4 Å². The molecule has 0 aliphatic carbocycles. The molecule has 0 radical (unpaired) electrons. The molecule has 2 amide bonds. The zero-order chi connectivity index (χ0) is 18.5. The predicted octanol–water partition coefficient (Wildman–Crippen LogP) is -1.35. The van der Waals surface area contributed by atoms with Crippen LogP contribution in [0.3, 0.4) is 0 Å². The van der Waals surface area contributed by atoms with Gasteiger partial charge in [0.1, 0.15) is 12.1 Å². The molecule has 9 heteroatoms. The van der Waals surface area contributed by atoms with Crippen LogP contribution in [0.15, 0.2) is 0 Å². The first-order chi connectivity index (χ1) is 11.3. The van der Waals surface area contributed by atoms with E-state index < -0.39 is 35.9 Å². The van der Waals surface area contributed by atoms with E-state index in [0.29, 0.717) is 32.4 Å². The first kappa shape index (κ1) is 22.3. The largest absolute Gasteiger partial charge is 0.480 e. The van der Waals surface area contributed by atoms with Crippen molar-refractivity contribution < 1.29 is 19.5 Å². The molecule has 0 saturated heterocycles. The molecule has 0 rings (SSSR count). The van der Waals surface area contributed by atoms with E-state index in [2.05, 4.69) is 10.6 Å². The van der Waals surface area contributed by atoms with Gasteiger partial charge in [-0.25, -0.2) is 4.79 Å². The van der Waals surface area contributed by atoms with E-state index in [-0.39, 0.29) is 6.42 Å². The first-order valence-electron chi connectivity index (χ1n) is 8.32. The van der Waals surface area contributed by atoms with Crippen LogP contribution in [0.5, 0.6) is 0 Å². The minimum absolute atomic E-state index is 0.289.